The predicted octanol–water partition coefficient (Wildman–Crippen LogP) is 4.61. The van der Waals surface area contributed by atoms with Crippen LogP contribution in [0.3, 0.4) is 0 Å². The molecule has 0 aliphatic carbocycles. The Labute approximate surface area is 168 Å². The van der Waals surface area contributed by atoms with E-state index in [2.05, 4.69) is 14.2 Å². The number of benzene rings is 1. The Hall–Kier alpha value is -2.58. The summed E-state index contributed by atoms with van der Waals surface area (Å²) in [6, 6.07) is 0.336. The van der Waals surface area contributed by atoms with E-state index in [0.29, 0.717) is 6.07 Å². The van der Waals surface area contributed by atoms with Gasteiger partial charge in [0.2, 0.25) is 0 Å². The minimum Gasteiger partial charge on any atom is -0.481 e. The molecule has 0 amide bonds. The quantitative estimate of drug-likeness (QED) is 0.509. The highest BCUT2D eigenvalue weighted by molar-refractivity contribution is 5.70. The van der Waals surface area contributed by atoms with Gasteiger partial charge < -0.3 is 25.1 Å². The number of carboxylic acids is 1. The van der Waals surface area contributed by atoms with Crippen molar-refractivity contribution in [3.8, 4) is 17.2 Å². The van der Waals surface area contributed by atoms with E-state index in [1.165, 1.54) is 6.92 Å². The molecule has 0 radical (unpaired) electrons. The van der Waals surface area contributed by atoms with Gasteiger partial charge in [0.25, 0.3) is 0 Å². The summed E-state index contributed by atoms with van der Waals surface area (Å²) in [5, 5.41) is 9.00. The van der Waals surface area contributed by atoms with E-state index in [1.807, 2.05) is 0 Å². The van der Waals surface area contributed by atoms with Gasteiger partial charge in [0.15, 0.2) is 11.5 Å². The highest BCUT2D eigenvalue weighted by atomic mass is 19.4. The lowest BCUT2D eigenvalue weighted by Crippen LogP contribution is -2.26. The predicted molar refractivity (Wildman–Crippen MR) is 84.2 cm³/mol. The standard InChI is InChI=1S/C16H16F9NO5/c1-7(3-9(6-26)13(27)28)2-8-4-10(29-14(17,18)19)5-11(30-15(20,21)22)12(8)31-16(23,24)25/h4-5,7,9H,2-3,6,26H2,1H3,(H,27,28). The van der Waals surface area contributed by atoms with E-state index in [-0.39, 0.29) is 19.0 Å². The third-order valence-electron chi connectivity index (χ3n) is 3.67. The summed E-state index contributed by atoms with van der Waals surface area (Å²) in [4.78, 5) is 11.1. The zero-order valence-electron chi connectivity index (χ0n) is 15.5. The van der Waals surface area contributed by atoms with Crippen molar-refractivity contribution in [2.45, 2.75) is 38.9 Å². The van der Waals surface area contributed by atoms with Gasteiger partial charge in [-0.1, -0.05) is 6.92 Å². The third-order valence-corrected chi connectivity index (χ3v) is 3.67. The van der Waals surface area contributed by atoms with Crippen molar-refractivity contribution in [3.05, 3.63) is 17.7 Å². The van der Waals surface area contributed by atoms with Gasteiger partial charge >= 0.3 is 25.1 Å². The number of hydrogen-bond acceptors (Lipinski definition) is 5. The summed E-state index contributed by atoms with van der Waals surface area (Å²) < 4.78 is 124. The van der Waals surface area contributed by atoms with Crippen molar-refractivity contribution in [3.63, 3.8) is 0 Å². The molecule has 31 heavy (non-hydrogen) atoms. The molecule has 1 aromatic carbocycles. The average molecular weight is 473 g/mol. The zero-order valence-corrected chi connectivity index (χ0v) is 15.5. The Balaban J connectivity index is 3.48. The number of halogens is 9. The lowest BCUT2D eigenvalue weighted by Gasteiger charge is -2.22. The first-order valence-electron chi connectivity index (χ1n) is 8.27. The van der Waals surface area contributed by atoms with Crippen LogP contribution in [0.2, 0.25) is 0 Å². The van der Waals surface area contributed by atoms with Crippen LogP contribution in [0.1, 0.15) is 18.9 Å². The molecule has 15 heteroatoms. The highest BCUT2D eigenvalue weighted by Crippen LogP contribution is 2.43. The maximum Gasteiger partial charge on any atom is 0.573 e. The summed E-state index contributed by atoms with van der Waals surface area (Å²) >= 11 is 0. The van der Waals surface area contributed by atoms with Gasteiger partial charge in [-0.2, -0.15) is 0 Å². The normalized spacial score (nSPS) is 14.7. The van der Waals surface area contributed by atoms with Crippen molar-refractivity contribution in [1.82, 2.24) is 0 Å². The van der Waals surface area contributed by atoms with E-state index >= 15 is 0 Å². The van der Waals surface area contributed by atoms with Gasteiger partial charge in [0.1, 0.15) is 5.75 Å². The Bertz CT molecular complexity index is 762. The summed E-state index contributed by atoms with van der Waals surface area (Å²) in [5.41, 5.74) is 4.49. The fourth-order valence-electron chi connectivity index (χ4n) is 2.65. The molecule has 0 aliphatic heterocycles. The number of nitrogens with two attached hydrogens (primary N) is 1. The molecule has 0 saturated carbocycles. The van der Waals surface area contributed by atoms with E-state index in [1.54, 1.807) is 0 Å². The van der Waals surface area contributed by atoms with Crippen LogP contribution in [0.5, 0.6) is 17.2 Å². The van der Waals surface area contributed by atoms with Gasteiger partial charge in [0, 0.05) is 18.2 Å². The molecule has 0 saturated heterocycles. The smallest absolute Gasteiger partial charge is 0.481 e. The molecule has 2 atom stereocenters. The number of carboxylic acid groups (broad SMARTS) is 1. The molecular weight excluding hydrogens is 457 g/mol. The SMILES string of the molecule is CC(Cc1cc(OC(F)(F)F)cc(OC(F)(F)F)c1OC(F)(F)F)CC(CN)C(=O)O. The third kappa shape index (κ3) is 9.85. The molecule has 0 aromatic heterocycles. The molecule has 0 aliphatic rings. The molecule has 1 aromatic rings. The fraction of sp³-hybridized carbons (Fsp3) is 0.562. The minimum atomic E-state index is -5.57. The minimum absolute atomic E-state index is 0.0594. The summed E-state index contributed by atoms with van der Waals surface area (Å²) in [7, 11) is 0. The zero-order chi connectivity index (χ0) is 24.2. The number of carbonyl (C=O) groups is 1. The second kappa shape index (κ2) is 9.70. The van der Waals surface area contributed by atoms with Gasteiger partial charge in [-0.05, 0) is 24.8 Å². The topological polar surface area (TPSA) is 91.0 Å². The van der Waals surface area contributed by atoms with Crippen LogP contribution in [0.4, 0.5) is 39.5 Å². The van der Waals surface area contributed by atoms with E-state index in [0.717, 1.165) is 0 Å². The molecule has 1 rings (SSSR count). The molecule has 0 spiro atoms. The van der Waals surface area contributed by atoms with Gasteiger partial charge in [-0.3, -0.25) is 4.79 Å². The van der Waals surface area contributed by atoms with Crippen molar-refractivity contribution < 1.29 is 63.6 Å². The largest absolute Gasteiger partial charge is 0.573 e. The average Bonchev–Trinajstić information content (AvgIpc) is 2.51. The second-order valence-electron chi connectivity index (χ2n) is 6.37. The van der Waals surface area contributed by atoms with E-state index in [9.17, 15) is 44.3 Å². The van der Waals surface area contributed by atoms with Crippen LogP contribution >= 0.6 is 0 Å². The lowest BCUT2D eigenvalue weighted by molar-refractivity contribution is -0.288. The first kappa shape index (κ1) is 26.5. The van der Waals surface area contributed by atoms with Crippen molar-refractivity contribution >= 4 is 5.97 Å². The lowest BCUT2D eigenvalue weighted by atomic mass is 9.90. The first-order valence-corrected chi connectivity index (χ1v) is 8.27. The Morgan fingerprint density at radius 3 is 1.90 bits per heavy atom. The monoisotopic (exact) mass is 473 g/mol. The van der Waals surface area contributed by atoms with Crippen LogP contribution in [0.15, 0.2) is 12.1 Å². The Morgan fingerprint density at radius 1 is 0.968 bits per heavy atom. The van der Waals surface area contributed by atoms with Gasteiger partial charge in [-0.15, -0.1) is 39.5 Å². The summed E-state index contributed by atoms with van der Waals surface area (Å²) in [5.74, 6) is -7.88. The summed E-state index contributed by atoms with van der Waals surface area (Å²) in [6.07, 6.45) is -17.3. The van der Waals surface area contributed by atoms with Crippen LogP contribution in [-0.4, -0.2) is 36.7 Å². The first-order chi connectivity index (χ1) is 13.9. The molecule has 0 bridgehead atoms. The van der Waals surface area contributed by atoms with Crippen LogP contribution in [-0.2, 0) is 11.2 Å². The molecule has 2 unspecified atom stereocenters. The fourth-order valence-corrected chi connectivity index (χ4v) is 2.65. The maximum atomic E-state index is 12.7. The molecule has 6 nitrogen and oxygen atoms in total. The molecule has 178 valence electrons. The number of hydrogen-bond donors (Lipinski definition) is 2. The number of alkyl halides is 9. The molecular formula is C16H16F9NO5. The van der Waals surface area contributed by atoms with Crippen LogP contribution < -0.4 is 19.9 Å². The Kier molecular flexibility index (Phi) is 8.28. The van der Waals surface area contributed by atoms with Gasteiger partial charge in [-0.25, -0.2) is 0 Å². The van der Waals surface area contributed by atoms with Crippen LogP contribution in [0.25, 0.3) is 0 Å². The molecule has 3 N–H and O–H groups in total. The Morgan fingerprint density at radius 2 is 1.48 bits per heavy atom. The second-order valence-corrected chi connectivity index (χ2v) is 6.37. The van der Waals surface area contributed by atoms with E-state index < -0.39 is 66.1 Å². The van der Waals surface area contributed by atoms with Crippen molar-refractivity contribution in [2.24, 2.45) is 17.6 Å². The highest BCUT2D eigenvalue weighted by Gasteiger charge is 2.39. The van der Waals surface area contributed by atoms with Crippen molar-refractivity contribution in [1.29, 1.82) is 0 Å². The van der Waals surface area contributed by atoms with Gasteiger partial charge in [0.05, 0.1) is 5.92 Å². The maximum absolute atomic E-state index is 12.7. The van der Waals surface area contributed by atoms with Crippen molar-refractivity contribution in [2.75, 3.05) is 6.54 Å². The number of ether oxygens (including phenoxy) is 3. The molecule has 0 fully saturated rings. The van der Waals surface area contributed by atoms with E-state index in [4.69, 9.17) is 10.8 Å². The molecule has 0 heterocycles. The number of rotatable bonds is 9. The number of aliphatic carboxylic acids is 1. The summed E-state index contributed by atoms with van der Waals surface area (Å²) in [6.45, 7) is 0.954. The van der Waals surface area contributed by atoms with Crippen LogP contribution in [0, 0.1) is 11.8 Å².